The zero-order chi connectivity index (χ0) is 24.9. The molecule has 5 rings (SSSR count). The van der Waals surface area contributed by atoms with Crippen LogP contribution in [-0.4, -0.2) is 66.0 Å². The molecule has 1 amide bonds. The van der Waals surface area contributed by atoms with E-state index in [9.17, 15) is 4.79 Å². The van der Waals surface area contributed by atoms with Crippen molar-refractivity contribution in [2.75, 3.05) is 39.3 Å². The molecule has 2 aromatic carbocycles. The van der Waals surface area contributed by atoms with E-state index in [0.29, 0.717) is 12.1 Å². The SMILES string of the molecule is Cc1ccc(-c2cccc3c(C(=O)NCCCN4CCC(N5CCCCC5)CC4)cc(C)nc23)cc1. The summed E-state index contributed by atoms with van der Waals surface area (Å²) in [5.41, 5.74) is 5.90. The second-order valence-corrected chi connectivity index (χ2v) is 10.7. The number of fused-ring (bicyclic) bond motifs is 1. The van der Waals surface area contributed by atoms with Crippen LogP contribution in [0.3, 0.4) is 0 Å². The summed E-state index contributed by atoms with van der Waals surface area (Å²) in [5.74, 6) is -0.00429. The molecule has 2 aliphatic heterocycles. The van der Waals surface area contributed by atoms with Crippen LogP contribution in [0.1, 0.15) is 60.1 Å². The van der Waals surface area contributed by atoms with Crippen LogP contribution in [-0.2, 0) is 0 Å². The number of amides is 1. The molecule has 2 saturated heterocycles. The number of aromatic nitrogens is 1. The Morgan fingerprint density at radius 2 is 1.72 bits per heavy atom. The fourth-order valence-electron chi connectivity index (χ4n) is 5.92. The van der Waals surface area contributed by atoms with Crippen molar-refractivity contribution in [1.29, 1.82) is 0 Å². The van der Waals surface area contributed by atoms with Crippen molar-refractivity contribution in [3.05, 3.63) is 65.4 Å². The van der Waals surface area contributed by atoms with Gasteiger partial charge in [0.25, 0.3) is 5.91 Å². The monoisotopic (exact) mass is 484 g/mol. The van der Waals surface area contributed by atoms with Crippen LogP contribution in [0.25, 0.3) is 22.0 Å². The Kier molecular flexibility index (Phi) is 7.98. The minimum Gasteiger partial charge on any atom is -0.352 e. The number of carbonyl (C=O) groups is 1. The normalized spacial score (nSPS) is 17.9. The third-order valence-corrected chi connectivity index (χ3v) is 7.98. The first-order valence-corrected chi connectivity index (χ1v) is 13.8. The maximum atomic E-state index is 13.2. The Balaban J connectivity index is 1.17. The summed E-state index contributed by atoms with van der Waals surface area (Å²) >= 11 is 0. The summed E-state index contributed by atoms with van der Waals surface area (Å²) < 4.78 is 0. The average Bonchev–Trinajstić information content (AvgIpc) is 2.91. The molecule has 0 spiro atoms. The number of pyridine rings is 1. The molecule has 3 aromatic rings. The zero-order valence-electron chi connectivity index (χ0n) is 21.9. The highest BCUT2D eigenvalue weighted by Crippen LogP contribution is 2.30. The molecule has 5 nitrogen and oxygen atoms in total. The number of carbonyl (C=O) groups excluding carboxylic acids is 1. The number of para-hydroxylation sites is 1. The van der Waals surface area contributed by atoms with Crippen LogP contribution in [0.15, 0.2) is 48.5 Å². The highest BCUT2D eigenvalue weighted by atomic mass is 16.1. The maximum Gasteiger partial charge on any atom is 0.252 e. The zero-order valence-corrected chi connectivity index (χ0v) is 21.9. The van der Waals surface area contributed by atoms with Crippen LogP contribution < -0.4 is 5.32 Å². The van der Waals surface area contributed by atoms with Gasteiger partial charge in [0.2, 0.25) is 0 Å². The maximum absolute atomic E-state index is 13.2. The largest absolute Gasteiger partial charge is 0.352 e. The fraction of sp³-hybridized carbons (Fsp3) is 0.484. The number of nitrogens with zero attached hydrogens (tertiary/aromatic N) is 3. The van der Waals surface area contributed by atoms with Crippen molar-refractivity contribution in [1.82, 2.24) is 20.1 Å². The number of rotatable bonds is 7. The van der Waals surface area contributed by atoms with E-state index in [0.717, 1.165) is 46.7 Å². The molecule has 0 aliphatic carbocycles. The van der Waals surface area contributed by atoms with Crippen LogP contribution in [0.2, 0.25) is 0 Å². The lowest BCUT2D eigenvalue weighted by molar-refractivity contribution is 0.0903. The lowest BCUT2D eigenvalue weighted by Crippen LogP contribution is -2.47. The van der Waals surface area contributed by atoms with Gasteiger partial charge in [0.1, 0.15) is 0 Å². The number of benzene rings is 2. The van der Waals surface area contributed by atoms with E-state index in [4.69, 9.17) is 4.98 Å². The van der Waals surface area contributed by atoms with E-state index in [-0.39, 0.29) is 5.91 Å². The second kappa shape index (κ2) is 11.5. The van der Waals surface area contributed by atoms with Crippen LogP contribution in [0, 0.1) is 13.8 Å². The van der Waals surface area contributed by atoms with E-state index < -0.39 is 0 Å². The highest BCUT2D eigenvalue weighted by molar-refractivity contribution is 6.09. The first-order valence-electron chi connectivity index (χ1n) is 13.8. The molecule has 3 heterocycles. The molecule has 190 valence electrons. The Morgan fingerprint density at radius 3 is 2.47 bits per heavy atom. The van der Waals surface area contributed by atoms with E-state index in [1.54, 1.807) is 0 Å². The highest BCUT2D eigenvalue weighted by Gasteiger charge is 2.25. The summed E-state index contributed by atoms with van der Waals surface area (Å²) in [6.07, 6.45) is 7.72. The number of hydrogen-bond acceptors (Lipinski definition) is 4. The number of likely N-dealkylation sites (tertiary alicyclic amines) is 2. The van der Waals surface area contributed by atoms with Gasteiger partial charge in [-0.2, -0.15) is 0 Å². The lowest BCUT2D eigenvalue weighted by atomic mass is 9.98. The molecule has 0 saturated carbocycles. The predicted molar refractivity (Wildman–Crippen MR) is 148 cm³/mol. The third-order valence-electron chi connectivity index (χ3n) is 7.98. The van der Waals surface area contributed by atoms with Crippen molar-refractivity contribution < 1.29 is 4.79 Å². The molecule has 2 aliphatic rings. The van der Waals surface area contributed by atoms with Crippen LogP contribution >= 0.6 is 0 Å². The summed E-state index contributed by atoms with van der Waals surface area (Å²) in [7, 11) is 0. The van der Waals surface area contributed by atoms with E-state index >= 15 is 0 Å². The first kappa shape index (κ1) is 24.9. The number of aryl methyl sites for hydroxylation is 2. The van der Waals surface area contributed by atoms with Gasteiger partial charge in [-0.15, -0.1) is 0 Å². The Labute approximate surface area is 215 Å². The van der Waals surface area contributed by atoms with Gasteiger partial charge in [-0.1, -0.05) is 54.4 Å². The molecule has 1 aromatic heterocycles. The fourth-order valence-corrected chi connectivity index (χ4v) is 5.92. The minimum absolute atomic E-state index is 0.00429. The van der Waals surface area contributed by atoms with Gasteiger partial charge in [-0.25, -0.2) is 0 Å². The van der Waals surface area contributed by atoms with Crippen molar-refractivity contribution in [2.24, 2.45) is 0 Å². The summed E-state index contributed by atoms with van der Waals surface area (Å²) in [6, 6.07) is 17.3. The number of piperidine rings is 2. The average molecular weight is 485 g/mol. The van der Waals surface area contributed by atoms with E-state index in [2.05, 4.69) is 52.4 Å². The molecular weight excluding hydrogens is 444 g/mol. The van der Waals surface area contributed by atoms with Gasteiger partial charge in [0.15, 0.2) is 0 Å². The van der Waals surface area contributed by atoms with Crippen molar-refractivity contribution in [3.63, 3.8) is 0 Å². The predicted octanol–water partition coefficient (Wildman–Crippen LogP) is 5.59. The number of hydrogen-bond donors (Lipinski definition) is 1. The first-order chi connectivity index (χ1) is 17.6. The molecule has 5 heteroatoms. The van der Waals surface area contributed by atoms with Gasteiger partial charge in [-0.05, 0) is 90.3 Å². The number of nitrogens with one attached hydrogen (secondary N) is 1. The molecule has 2 fully saturated rings. The Hall–Kier alpha value is -2.76. The smallest absolute Gasteiger partial charge is 0.252 e. The van der Waals surface area contributed by atoms with E-state index in [1.165, 1.54) is 63.8 Å². The lowest BCUT2D eigenvalue weighted by Gasteiger charge is -2.40. The van der Waals surface area contributed by atoms with Gasteiger partial charge in [0, 0.05) is 29.2 Å². The van der Waals surface area contributed by atoms with Gasteiger partial charge in [0.05, 0.1) is 11.1 Å². The van der Waals surface area contributed by atoms with Crippen molar-refractivity contribution in [3.8, 4) is 11.1 Å². The Morgan fingerprint density at radius 1 is 0.972 bits per heavy atom. The van der Waals surface area contributed by atoms with E-state index in [1.807, 2.05) is 25.1 Å². The Bertz CT molecular complexity index is 1180. The van der Waals surface area contributed by atoms with Crippen LogP contribution in [0.5, 0.6) is 0 Å². The summed E-state index contributed by atoms with van der Waals surface area (Å²) in [4.78, 5) is 23.3. The standard InChI is InChI=1S/C31H40N4O/c1-23-10-12-25(13-11-23)27-8-6-9-28-29(22-24(2)33-30(27)28)31(36)32-16-7-17-34-20-14-26(15-21-34)35-18-4-3-5-19-35/h6,8-13,22,26H,3-5,7,14-21H2,1-2H3,(H,32,36). The molecule has 0 bridgehead atoms. The molecular formula is C31H40N4O. The van der Waals surface area contributed by atoms with Crippen molar-refractivity contribution in [2.45, 2.75) is 58.4 Å². The van der Waals surface area contributed by atoms with Gasteiger partial charge < -0.3 is 15.1 Å². The third kappa shape index (κ3) is 5.79. The van der Waals surface area contributed by atoms with Crippen molar-refractivity contribution >= 4 is 16.8 Å². The quantitative estimate of drug-likeness (QED) is 0.444. The minimum atomic E-state index is -0.00429. The summed E-state index contributed by atoms with van der Waals surface area (Å²) in [6.45, 7) is 10.8. The molecule has 0 radical (unpaired) electrons. The molecule has 0 atom stereocenters. The second-order valence-electron chi connectivity index (χ2n) is 10.7. The molecule has 1 N–H and O–H groups in total. The molecule has 36 heavy (non-hydrogen) atoms. The topological polar surface area (TPSA) is 48.5 Å². The summed E-state index contributed by atoms with van der Waals surface area (Å²) in [5, 5.41) is 4.10. The van der Waals surface area contributed by atoms with Crippen LogP contribution in [0.4, 0.5) is 0 Å². The van der Waals surface area contributed by atoms with Gasteiger partial charge in [-0.3, -0.25) is 9.78 Å². The van der Waals surface area contributed by atoms with Gasteiger partial charge >= 0.3 is 0 Å². The molecule has 0 unspecified atom stereocenters.